The molecule has 0 unspecified atom stereocenters. The molecule has 0 saturated carbocycles. The largest absolute Gasteiger partial charge is 0.460 e. The molecule has 4 nitrogen and oxygen atoms in total. The lowest BCUT2D eigenvalue weighted by atomic mass is 9.81. The molecule has 1 amide bonds. The monoisotopic (exact) mass is 579 g/mol. The Morgan fingerprint density at radius 3 is 1.97 bits per heavy atom. The molecular formula is C28H32ClF6NO3. The van der Waals surface area contributed by atoms with E-state index in [2.05, 4.69) is 5.32 Å². The predicted molar refractivity (Wildman–Crippen MR) is 138 cm³/mol. The van der Waals surface area contributed by atoms with Crippen molar-refractivity contribution in [2.45, 2.75) is 83.7 Å². The zero-order valence-electron chi connectivity index (χ0n) is 22.5. The molecule has 0 radical (unpaired) electrons. The summed E-state index contributed by atoms with van der Waals surface area (Å²) in [5, 5.41) is 2.49. The first-order valence-electron chi connectivity index (χ1n) is 12.2. The number of anilines is 1. The summed E-state index contributed by atoms with van der Waals surface area (Å²) in [5.74, 6) is -5.41. The fraction of sp³-hybridized carbons (Fsp3) is 0.500. The Kier molecular flexibility index (Phi) is 9.80. The van der Waals surface area contributed by atoms with E-state index in [9.17, 15) is 35.9 Å². The van der Waals surface area contributed by atoms with Gasteiger partial charge in [-0.2, -0.15) is 26.3 Å². The maximum atomic E-state index is 13.7. The zero-order chi connectivity index (χ0) is 30.0. The van der Waals surface area contributed by atoms with Crippen LogP contribution in [-0.4, -0.2) is 29.8 Å². The van der Waals surface area contributed by atoms with E-state index in [0.717, 1.165) is 45.0 Å². The summed E-state index contributed by atoms with van der Waals surface area (Å²) < 4.78 is 86.8. The summed E-state index contributed by atoms with van der Waals surface area (Å²) in [6.45, 7) is 7.93. The molecule has 2 aromatic rings. The highest BCUT2D eigenvalue weighted by Crippen LogP contribution is 2.42. The van der Waals surface area contributed by atoms with Crippen LogP contribution < -0.4 is 5.32 Å². The fourth-order valence-electron chi connectivity index (χ4n) is 3.80. The molecule has 39 heavy (non-hydrogen) atoms. The van der Waals surface area contributed by atoms with Crippen LogP contribution in [-0.2, 0) is 26.2 Å². The van der Waals surface area contributed by atoms with Gasteiger partial charge in [-0.05, 0) is 69.9 Å². The van der Waals surface area contributed by atoms with Gasteiger partial charge in [-0.25, -0.2) is 0 Å². The van der Waals surface area contributed by atoms with E-state index in [1.807, 2.05) is 0 Å². The van der Waals surface area contributed by atoms with Gasteiger partial charge in [-0.1, -0.05) is 48.9 Å². The van der Waals surface area contributed by atoms with Gasteiger partial charge in [0.15, 0.2) is 0 Å². The van der Waals surface area contributed by atoms with Gasteiger partial charge in [0.2, 0.25) is 5.91 Å². The molecule has 0 fully saturated rings. The molecule has 2 atom stereocenters. The molecule has 0 aliphatic rings. The van der Waals surface area contributed by atoms with E-state index in [1.165, 1.54) is 12.1 Å². The molecule has 1 N–H and O–H groups in total. The lowest BCUT2D eigenvalue weighted by molar-refractivity contribution is -0.180. The number of benzene rings is 2. The van der Waals surface area contributed by atoms with E-state index in [0.29, 0.717) is 5.56 Å². The first-order valence-corrected chi connectivity index (χ1v) is 12.6. The second kappa shape index (κ2) is 11.8. The number of rotatable bonds is 8. The zero-order valence-corrected chi connectivity index (χ0v) is 23.2. The van der Waals surface area contributed by atoms with Crippen molar-refractivity contribution in [3.63, 3.8) is 0 Å². The van der Waals surface area contributed by atoms with Gasteiger partial charge in [-0.15, -0.1) is 0 Å². The van der Waals surface area contributed by atoms with Crippen molar-refractivity contribution in [3.8, 4) is 0 Å². The number of carbonyl (C=O) groups excluding carboxylic acids is 2. The summed E-state index contributed by atoms with van der Waals surface area (Å²) in [7, 11) is 0. The van der Waals surface area contributed by atoms with E-state index < -0.39 is 47.1 Å². The summed E-state index contributed by atoms with van der Waals surface area (Å²) in [5.41, 5.74) is -2.54. The molecule has 0 heterocycles. The molecule has 0 aromatic heterocycles. The van der Waals surface area contributed by atoms with Crippen molar-refractivity contribution >= 4 is 29.2 Å². The van der Waals surface area contributed by atoms with E-state index in [4.69, 9.17) is 16.3 Å². The van der Waals surface area contributed by atoms with Crippen molar-refractivity contribution in [1.29, 1.82) is 0 Å². The third-order valence-electron chi connectivity index (χ3n) is 6.33. The van der Waals surface area contributed by atoms with Crippen LogP contribution in [0.3, 0.4) is 0 Å². The van der Waals surface area contributed by atoms with Crippen LogP contribution in [0.15, 0.2) is 42.5 Å². The molecule has 0 aliphatic carbocycles. The van der Waals surface area contributed by atoms with Crippen LogP contribution >= 0.6 is 11.6 Å². The predicted octanol–water partition coefficient (Wildman–Crippen LogP) is 8.37. The minimum Gasteiger partial charge on any atom is -0.460 e. The van der Waals surface area contributed by atoms with Gasteiger partial charge >= 0.3 is 18.3 Å². The Morgan fingerprint density at radius 1 is 0.923 bits per heavy atom. The normalized spacial score (nSPS) is 14.5. The number of esters is 1. The Morgan fingerprint density at radius 2 is 1.49 bits per heavy atom. The maximum absolute atomic E-state index is 13.7. The smallest absolute Gasteiger partial charge is 0.397 e. The quantitative estimate of drug-likeness (QED) is 0.252. The second-order valence-corrected chi connectivity index (χ2v) is 11.3. The summed E-state index contributed by atoms with van der Waals surface area (Å²) in [6, 6.07) is 8.88. The fourth-order valence-corrected chi connectivity index (χ4v) is 3.96. The van der Waals surface area contributed by atoms with Crippen molar-refractivity contribution in [1.82, 2.24) is 0 Å². The SMILES string of the molecule is C[C@H]([C@H](C(=O)Nc1cc(CCC(=O)OC(C)(C)C)ccc1Cl)c1ccc(C(C)(C)C(F)(F)F)cc1)C(F)(F)F. The van der Waals surface area contributed by atoms with Gasteiger partial charge in [-0.3, -0.25) is 9.59 Å². The van der Waals surface area contributed by atoms with E-state index in [1.54, 1.807) is 26.8 Å². The Labute approximate surface area is 229 Å². The average molecular weight is 580 g/mol. The molecule has 0 spiro atoms. The topological polar surface area (TPSA) is 55.4 Å². The highest BCUT2D eigenvalue weighted by Gasteiger charge is 2.49. The van der Waals surface area contributed by atoms with E-state index in [-0.39, 0.29) is 34.7 Å². The van der Waals surface area contributed by atoms with Crippen molar-refractivity contribution < 1.29 is 40.7 Å². The Bertz CT molecular complexity index is 1170. The highest BCUT2D eigenvalue weighted by molar-refractivity contribution is 6.33. The standard InChI is InChI=1S/C28H32ClF6NO3/c1-16(27(30,31)32)23(18-9-11-19(12-10-18)26(5,6)28(33,34)35)24(38)36-21-15-17(7-13-20(21)29)8-14-22(37)39-25(2,3)4/h7,9-13,15-16,23H,8,14H2,1-6H3,(H,36,38)/t16-,23+/m1/s1. The molecule has 2 aromatic carbocycles. The van der Waals surface area contributed by atoms with Crippen LogP contribution in [0.5, 0.6) is 0 Å². The van der Waals surface area contributed by atoms with Crippen molar-refractivity contribution in [2.75, 3.05) is 5.32 Å². The number of nitrogens with one attached hydrogen (secondary N) is 1. The number of hydrogen-bond donors (Lipinski definition) is 1. The maximum Gasteiger partial charge on any atom is 0.397 e. The minimum atomic E-state index is -4.77. The van der Waals surface area contributed by atoms with Gasteiger partial charge in [0, 0.05) is 6.42 Å². The molecule has 2 rings (SSSR count). The second-order valence-electron chi connectivity index (χ2n) is 10.9. The third-order valence-corrected chi connectivity index (χ3v) is 6.65. The molecule has 0 saturated heterocycles. The first-order chi connectivity index (χ1) is 17.6. The molecule has 0 aliphatic heterocycles. The Balaban J connectivity index is 2.34. The summed E-state index contributed by atoms with van der Waals surface area (Å²) in [4.78, 5) is 25.2. The summed E-state index contributed by atoms with van der Waals surface area (Å²) in [6.07, 6.45) is -9.10. The minimum absolute atomic E-state index is 0.0284. The van der Waals surface area contributed by atoms with Crippen LogP contribution in [0.1, 0.15) is 70.6 Å². The number of ether oxygens (including phenoxy) is 1. The van der Waals surface area contributed by atoms with E-state index >= 15 is 0 Å². The van der Waals surface area contributed by atoms with Crippen LogP contribution in [0, 0.1) is 5.92 Å². The number of aryl methyl sites for hydroxylation is 1. The number of halogens is 7. The number of hydrogen-bond acceptors (Lipinski definition) is 3. The highest BCUT2D eigenvalue weighted by atomic mass is 35.5. The van der Waals surface area contributed by atoms with Gasteiger partial charge in [0.25, 0.3) is 0 Å². The van der Waals surface area contributed by atoms with Gasteiger partial charge in [0.05, 0.1) is 28.0 Å². The van der Waals surface area contributed by atoms with Gasteiger partial charge < -0.3 is 10.1 Å². The molecular weight excluding hydrogens is 548 g/mol. The van der Waals surface area contributed by atoms with Crippen molar-refractivity contribution in [2.24, 2.45) is 5.92 Å². The number of amides is 1. The lowest BCUT2D eigenvalue weighted by Crippen LogP contribution is -2.36. The van der Waals surface area contributed by atoms with Crippen LogP contribution in [0.4, 0.5) is 32.0 Å². The molecule has 0 bridgehead atoms. The summed E-state index contributed by atoms with van der Waals surface area (Å²) >= 11 is 6.19. The Hall–Kier alpha value is -2.75. The third kappa shape index (κ3) is 8.62. The van der Waals surface area contributed by atoms with Crippen molar-refractivity contribution in [3.05, 3.63) is 64.2 Å². The molecule has 11 heteroatoms. The lowest BCUT2D eigenvalue weighted by Gasteiger charge is -2.29. The first kappa shape index (κ1) is 32.5. The average Bonchev–Trinajstić information content (AvgIpc) is 2.77. The number of alkyl halides is 6. The molecule has 216 valence electrons. The van der Waals surface area contributed by atoms with Gasteiger partial charge in [0.1, 0.15) is 5.60 Å². The van der Waals surface area contributed by atoms with Crippen LogP contribution in [0.25, 0.3) is 0 Å². The number of carbonyl (C=O) groups is 2. The van der Waals surface area contributed by atoms with Crippen LogP contribution in [0.2, 0.25) is 5.02 Å².